The average molecular weight is 208 g/mol. The van der Waals surface area contributed by atoms with Crippen molar-refractivity contribution in [2.24, 2.45) is 0 Å². The maximum atomic E-state index is 11.5. The first-order valence-corrected chi connectivity index (χ1v) is 4.81. The minimum Gasteiger partial charge on any atom is -0.459 e. The van der Waals surface area contributed by atoms with Gasteiger partial charge in [-0.2, -0.15) is 0 Å². The van der Waals surface area contributed by atoms with E-state index >= 15 is 0 Å². The minimum atomic E-state index is -0.496. The van der Waals surface area contributed by atoms with Crippen LogP contribution in [0.4, 0.5) is 0 Å². The molecule has 15 heavy (non-hydrogen) atoms. The van der Waals surface area contributed by atoms with Gasteiger partial charge in [-0.25, -0.2) is 0 Å². The number of rotatable bonds is 5. The van der Waals surface area contributed by atoms with E-state index < -0.39 is 6.04 Å². The van der Waals surface area contributed by atoms with Gasteiger partial charge in [-0.1, -0.05) is 6.92 Å². The second-order valence-corrected chi connectivity index (χ2v) is 3.24. The minimum absolute atomic E-state index is 0.0232. The zero-order chi connectivity index (χ0) is 11.3. The molecule has 0 spiro atoms. The first kappa shape index (κ1) is 11.5. The Morgan fingerprint density at radius 1 is 1.60 bits per heavy atom. The van der Waals surface area contributed by atoms with Crippen LogP contribution in [0.1, 0.15) is 30.3 Å². The summed E-state index contributed by atoms with van der Waals surface area (Å²) in [5.74, 6) is -0.181. The molecule has 0 aromatic carbocycles. The summed E-state index contributed by atoms with van der Waals surface area (Å²) in [7, 11) is 0. The van der Waals surface area contributed by atoms with Crippen molar-refractivity contribution in [3.63, 3.8) is 0 Å². The van der Waals surface area contributed by atoms with Crippen LogP contribution < -0.4 is 5.32 Å². The fourth-order valence-electron chi connectivity index (χ4n) is 1.15. The summed E-state index contributed by atoms with van der Waals surface area (Å²) >= 11 is 0. The van der Waals surface area contributed by atoms with Crippen molar-refractivity contribution in [3.05, 3.63) is 31.1 Å². The summed E-state index contributed by atoms with van der Waals surface area (Å²) < 4.78 is 4.90. The zero-order valence-electron chi connectivity index (χ0n) is 8.66. The molecule has 0 saturated carbocycles. The summed E-state index contributed by atoms with van der Waals surface area (Å²) in [6, 6.07) is 2.68. The Bertz CT molecular complexity index is 330. The van der Waals surface area contributed by atoms with Gasteiger partial charge >= 0.3 is 0 Å². The second-order valence-electron chi connectivity index (χ2n) is 3.24. The normalized spacial score (nSPS) is 12.1. The monoisotopic (exact) mass is 208 g/mol. The third-order valence-electron chi connectivity index (χ3n) is 2.00. The van der Waals surface area contributed by atoms with Crippen LogP contribution in [0.5, 0.6) is 0 Å². The van der Waals surface area contributed by atoms with Crippen molar-refractivity contribution < 1.29 is 14.0 Å². The first-order chi connectivity index (χ1) is 7.15. The van der Waals surface area contributed by atoms with Crippen LogP contribution in [0.2, 0.25) is 0 Å². The molecule has 4 heteroatoms. The Kier molecular flexibility index (Phi) is 4.09. The van der Waals surface area contributed by atoms with Gasteiger partial charge < -0.3 is 9.73 Å². The van der Waals surface area contributed by atoms with Gasteiger partial charge in [0.05, 0.1) is 12.3 Å². The summed E-state index contributed by atoms with van der Waals surface area (Å²) in [6.45, 7) is 5.24. The molecule has 0 aliphatic heterocycles. The topological polar surface area (TPSA) is 59.3 Å². The highest BCUT2D eigenvalue weighted by molar-refractivity contribution is 5.95. The van der Waals surface area contributed by atoms with Crippen molar-refractivity contribution >= 4 is 11.7 Å². The molecule has 1 aromatic heterocycles. The molecule has 0 aliphatic carbocycles. The molecule has 0 aliphatic rings. The summed E-state index contributed by atoms with van der Waals surface area (Å²) in [4.78, 5) is 22.8. The van der Waals surface area contributed by atoms with Crippen molar-refractivity contribution in [3.8, 4) is 0 Å². The highest BCUT2D eigenvalue weighted by atomic mass is 16.3. The van der Waals surface area contributed by atoms with Crippen LogP contribution in [-0.2, 0) is 4.79 Å². The predicted molar refractivity (Wildman–Crippen MR) is 55.2 cm³/mol. The zero-order valence-corrected chi connectivity index (χ0v) is 8.66. The van der Waals surface area contributed by atoms with Crippen LogP contribution in [0.25, 0.3) is 0 Å². The lowest BCUT2D eigenvalue weighted by Crippen LogP contribution is -2.38. The number of ketones is 1. The van der Waals surface area contributed by atoms with Gasteiger partial charge in [0.1, 0.15) is 0 Å². The van der Waals surface area contributed by atoms with Gasteiger partial charge in [-0.3, -0.25) is 9.59 Å². The molecule has 1 heterocycles. The van der Waals surface area contributed by atoms with E-state index in [9.17, 15) is 9.59 Å². The number of carbonyl (C=O) groups excluding carboxylic acids is 2. The van der Waals surface area contributed by atoms with Crippen LogP contribution in [0, 0.1) is 6.92 Å². The van der Waals surface area contributed by atoms with E-state index in [1.54, 1.807) is 19.1 Å². The smallest absolute Gasteiger partial charge is 0.287 e. The number of nitrogens with one attached hydrogen (secondary N) is 1. The number of hydrogen-bond acceptors (Lipinski definition) is 3. The van der Waals surface area contributed by atoms with Gasteiger partial charge in [0.25, 0.3) is 5.91 Å². The molecule has 1 rings (SSSR count). The number of amides is 1. The van der Waals surface area contributed by atoms with Gasteiger partial charge in [-0.05, 0) is 25.5 Å². The van der Waals surface area contributed by atoms with E-state index in [4.69, 9.17) is 4.42 Å². The summed E-state index contributed by atoms with van der Waals surface area (Å²) in [6.07, 6.45) is 2.33. The Labute approximate surface area is 88.7 Å². The number of furan rings is 1. The van der Waals surface area contributed by atoms with Crippen LogP contribution in [0.3, 0.4) is 0 Å². The lowest BCUT2D eigenvalue weighted by Gasteiger charge is -2.10. The maximum Gasteiger partial charge on any atom is 0.287 e. The Hall–Kier alpha value is -1.58. The highest BCUT2D eigenvalue weighted by Crippen LogP contribution is 2.01. The van der Waals surface area contributed by atoms with E-state index in [1.807, 2.05) is 0 Å². The fourth-order valence-corrected chi connectivity index (χ4v) is 1.15. The molecule has 1 amide bonds. The lowest BCUT2D eigenvalue weighted by atomic mass is 10.1. The molecule has 1 N–H and O–H groups in total. The predicted octanol–water partition coefficient (Wildman–Crippen LogP) is 1.58. The second kappa shape index (κ2) is 5.34. The van der Waals surface area contributed by atoms with E-state index in [0.29, 0.717) is 12.8 Å². The number of hydrogen-bond donors (Lipinski definition) is 1. The molecule has 81 valence electrons. The van der Waals surface area contributed by atoms with E-state index in [-0.39, 0.29) is 17.5 Å². The first-order valence-electron chi connectivity index (χ1n) is 4.81. The van der Waals surface area contributed by atoms with Crippen LogP contribution >= 0.6 is 0 Å². The molecular formula is C11H14NO3. The third kappa shape index (κ3) is 3.23. The number of carbonyl (C=O) groups is 2. The van der Waals surface area contributed by atoms with Gasteiger partial charge in [0.15, 0.2) is 11.5 Å². The SMILES string of the molecule is [CH2]CCC(=O)[C@@H](C)NC(=O)c1ccco1. The van der Waals surface area contributed by atoms with Gasteiger partial charge in [0.2, 0.25) is 0 Å². The van der Waals surface area contributed by atoms with E-state index in [1.165, 1.54) is 6.26 Å². The fraction of sp³-hybridized carbons (Fsp3) is 0.364. The third-order valence-corrected chi connectivity index (χ3v) is 2.00. The summed E-state index contributed by atoms with van der Waals surface area (Å²) in [5.41, 5.74) is 0. The van der Waals surface area contributed by atoms with Crippen molar-refractivity contribution in [2.45, 2.75) is 25.8 Å². The van der Waals surface area contributed by atoms with Crippen LogP contribution in [0.15, 0.2) is 22.8 Å². The lowest BCUT2D eigenvalue weighted by molar-refractivity contribution is -0.120. The Morgan fingerprint density at radius 3 is 2.87 bits per heavy atom. The maximum absolute atomic E-state index is 11.5. The standard InChI is InChI=1S/C11H14NO3/c1-3-5-9(13)8(2)12-11(14)10-6-4-7-15-10/h4,6-8H,1,3,5H2,2H3,(H,12,14)/t8-/m1/s1. The van der Waals surface area contributed by atoms with E-state index in [2.05, 4.69) is 12.2 Å². The average Bonchev–Trinajstić information content (AvgIpc) is 2.70. The molecular weight excluding hydrogens is 194 g/mol. The molecule has 1 atom stereocenters. The molecule has 1 aromatic rings. The van der Waals surface area contributed by atoms with Gasteiger partial charge in [-0.15, -0.1) is 0 Å². The van der Waals surface area contributed by atoms with E-state index in [0.717, 1.165) is 0 Å². The quantitative estimate of drug-likeness (QED) is 0.799. The van der Waals surface area contributed by atoms with Crippen molar-refractivity contribution in [1.82, 2.24) is 5.32 Å². The molecule has 0 unspecified atom stereocenters. The molecule has 0 saturated heterocycles. The molecule has 0 bridgehead atoms. The summed E-state index contributed by atoms with van der Waals surface area (Å²) in [5, 5.41) is 2.56. The molecule has 4 nitrogen and oxygen atoms in total. The highest BCUT2D eigenvalue weighted by Gasteiger charge is 2.16. The Morgan fingerprint density at radius 2 is 2.33 bits per heavy atom. The largest absolute Gasteiger partial charge is 0.459 e. The molecule has 1 radical (unpaired) electrons. The van der Waals surface area contributed by atoms with Gasteiger partial charge in [0, 0.05) is 6.42 Å². The van der Waals surface area contributed by atoms with Crippen molar-refractivity contribution in [1.29, 1.82) is 0 Å². The molecule has 0 fully saturated rings. The Balaban J connectivity index is 2.48. The van der Waals surface area contributed by atoms with Crippen LogP contribution in [-0.4, -0.2) is 17.7 Å². The number of Topliss-reactive ketones (excluding diaryl/α,β-unsaturated/α-hetero) is 1. The van der Waals surface area contributed by atoms with Crippen molar-refractivity contribution in [2.75, 3.05) is 0 Å².